The van der Waals surface area contributed by atoms with Gasteiger partial charge in [-0.2, -0.15) is 9.97 Å². The number of rotatable bonds is 7. The van der Waals surface area contributed by atoms with Crippen molar-refractivity contribution >= 4 is 22.5 Å². The Balaban J connectivity index is 1.14. The molecule has 6 rings (SSSR count). The fraction of sp³-hybridized carbons (Fsp3) is 0.441. The second kappa shape index (κ2) is 13.3. The lowest BCUT2D eigenvalue weighted by Gasteiger charge is -2.37. The minimum atomic E-state index is -0.425. The molecule has 0 saturated carbocycles. The molecule has 2 aromatic carbocycles. The van der Waals surface area contributed by atoms with Crippen LogP contribution in [0.1, 0.15) is 41.3 Å². The van der Waals surface area contributed by atoms with E-state index in [1.165, 1.54) is 6.07 Å². The fourth-order valence-electron chi connectivity index (χ4n) is 6.45. The molecule has 3 aromatic rings. The number of hydrogen-bond acceptors (Lipinski definition) is 8. The highest BCUT2D eigenvalue weighted by atomic mass is 19.1. The fourth-order valence-corrected chi connectivity index (χ4v) is 6.45. The second-order valence-corrected chi connectivity index (χ2v) is 11.4. The number of piperidine rings is 1. The number of methoxy groups -OCH3 is 2. The van der Waals surface area contributed by atoms with Gasteiger partial charge in [0.05, 0.1) is 37.2 Å². The molecule has 1 atom stereocenters. The number of hydrogen-bond donors (Lipinski definition) is 0. The normalized spacial score (nSPS) is 19.7. The second-order valence-electron chi connectivity index (χ2n) is 11.4. The first-order valence-corrected chi connectivity index (χ1v) is 15.2. The maximum Gasteiger partial charge on any atom is 0.318 e. The molecule has 44 heavy (non-hydrogen) atoms. The van der Waals surface area contributed by atoms with E-state index in [9.17, 15) is 9.18 Å². The average molecular weight is 600 g/mol. The molecule has 4 heterocycles. The maximum absolute atomic E-state index is 14.6. The van der Waals surface area contributed by atoms with E-state index < -0.39 is 5.82 Å². The number of fused-ring (bicyclic) bond motifs is 2. The Labute approximate surface area is 257 Å². The summed E-state index contributed by atoms with van der Waals surface area (Å²) in [6.45, 7) is 5.47. The molecule has 10 heteroatoms. The quantitative estimate of drug-likeness (QED) is 0.299. The monoisotopic (exact) mass is 599 g/mol. The highest BCUT2D eigenvalue weighted by molar-refractivity contribution is 5.91. The number of halogens is 1. The van der Waals surface area contributed by atoms with Crippen molar-refractivity contribution in [1.82, 2.24) is 19.8 Å². The van der Waals surface area contributed by atoms with Crippen molar-refractivity contribution in [2.45, 2.75) is 38.1 Å². The van der Waals surface area contributed by atoms with Gasteiger partial charge >= 0.3 is 6.01 Å². The lowest BCUT2D eigenvalue weighted by Crippen LogP contribution is -2.49. The zero-order valence-corrected chi connectivity index (χ0v) is 25.3. The first-order valence-electron chi connectivity index (χ1n) is 15.2. The van der Waals surface area contributed by atoms with E-state index in [1.807, 2.05) is 29.2 Å². The highest BCUT2D eigenvalue weighted by Gasteiger charge is 2.31. The number of piperazine rings is 1. The number of aromatic nitrogens is 2. The number of terminal acetylenes is 1. The van der Waals surface area contributed by atoms with Gasteiger partial charge in [-0.15, -0.1) is 6.42 Å². The summed E-state index contributed by atoms with van der Waals surface area (Å²) in [4.78, 5) is 28.7. The summed E-state index contributed by atoms with van der Waals surface area (Å²) in [6.07, 6.45) is 11.9. The minimum absolute atomic E-state index is 0.0303. The third-order valence-corrected chi connectivity index (χ3v) is 8.94. The number of nitrogens with zero attached hydrogens (tertiary/aromatic N) is 5. The largest absolute Gasteiger partial charge is 0.467 e. The van der Waals surface area contributed by atoms with Crippen molar-refractivity contribution < 1.29 is 23.4 Å². The van der Waals surface area contributed by atoms with Crippen LogP contribution in [0.2, 0.25) is 0 Å². The van der Waals surface area contributed by atoms with Gasteiger partial charge in [-0.05, 0) is 29.9 Å². The molecule has 3 aliphatic rings. The molecule has 0 radical (unpaired) electrons. The molecule has 1 amide bonds. The number of anilines is 1. The molecule has 3 aliphatic heterocycles. The van der Waals surface area contributed by atoms with Crippen LogP contribution in [0.4, 0.5) is 10.2 Å². The van der Waals surface area contributed by atoms with E-state index >= 15 is 0 Å². The first kappa shape index (κ1) is 30.0. The van der Waals surface area contributed by atoms with E-state index in [4.69, 9.17) is 25.6 Å². The molecule has 0 bridgehead atoms. The Morgan fingerprint density at radius 1 is 1.11 bits per heavy atom. The molecule has 1 aromatic heterocycles. The Kier molecular flexibility index (Phi) is 9.07. The van der Waals surface area contributed by atoms with Crippen LogP contribution in [0.25, 0.3) is 10.8 Å². The van der Waals surface area contributed by atoms with Gasteiger partial charge in [-0.25, -0.2) is 4.39 Å². The van der Waals surface area contributed by atoms with E-state index in [-0.39, 0.29) is 23.6 Å². The van der Waals surface area contributed by atoms with Crippen LogP contribution in [0.3, 0.4) is 0 Å². The molecule has 2 saturated heterocycles. The molecular weight excluding hydrogens is 561 g/mol. The molecule has 1 unspecified atom stereocenters. The van der Waals surface area contributed by atoms with Crippen molar-refractivity contribution in [2.75, 3.05) is 64.9 Å². The zero-order chi connectivity index (χ0) is 30.6. The van der Waals surface area contributed by atoms with Gasteiger partial charge in [0.2, 0.25) is 5.91 Å². The van der Waals surface area contributed by atoms with E-state index in [0.717, 1.165) is 60.5 Å². The summed E-state index contributed by atoms with van der Waals surface area (Å²) < 4.78 is 32.0. The predicted octanol–water partition coefficient (Wildman–Crippen LogP) is 3.89. The van der Waals surface area contributed by atoms with Crippen LogP contribution >= 0.6 is 0 Å². The van der Waals surface area contributed by atoms with Crippen molar-refractivity contribution in [3.05, 3.63) is 70.7 Å². The van der Waals surface area contributed by atoms with Crippen molar-refractivity contribution in [1.29, 1.82) is 0 Å². The van der Waals surface area contributed by atoms with E-state index in [0.29, 0.717) is 50.7 Å². The number of likely N-dealkylation sites (tertiary alicyclic amines) is 1. The smallest absolute Gasteiger partial charge is 0.318 e. The average Bonchev–Trinajstić information content (AvgIpc) is 3.07. The number of carbonyl (C=O) groups is 1. The lowest BCUT2D eigenvalue weighted by molar-refractivity contribution is -0.126. The standard InChI is InChI=1S/C34H38FN5O4/c1-4-25-28(35)11-10-23-7-5-8-26(32(23)25)30-21-29-27(22-44-30)33(37-34(36-29)43-3)40-19-17-39(18-20-40)31(41)9-6-14-38-15-12-24(42-2)13-16-38/h1,5-11,24,30H,12-22H2,2-3H3/b9-6+. The Bertz CT molecular complexity index is 1590. The third kappa shape index (κ3) is 6.13. The van der Waals surface area contributed by atoms with Gasteiger partial charge in [-0.3, -0.25) is 9.69 Å². The van der Waals surface area contributed by atoms with Crippen LogP contribution in [0.15, 0.2) is 42.5 Å². The van der Waals surface area contributed by atoms with Gasteiger partial charge < -0.3 is 24.0 Å². The van der Waals surface area contributed by atoms with E-state index in [1.54, 1.807) is 26.4 Å². The van der Waals surface area contributed by atoms with Crippen LogP contribution in [0.5, 0.6) is 6.01 Å². The van der Waals surface area contributed by atoms with Crippen molar-refractivity contribution in [3.8, 4) is 18.4 Å². The van der Waals surface area contributed by atoms with Crippen LogP contribution < -0.4 is 9.64 Å². The van der Waals surface area contributed by atoms with Crippen molar-refractivity contribution in [2.24, 2.45) is 0 Å². The Morgan fingerprint density at radius 3 is 2.64 bits per heavy atom. The summed E-state index contributed by atoms with van der Waals surface area (Å²) in [7, 11) is 3.32. The minimum Gasteiger partial charge on any atom is -0.467 e. The van der Waals surface area contributed by atoms with Crippen LogP contribution in [0, 0.1) is 18.2 Å². The maximum atomic E-state index is 14.6. The first-order chi connectivity index (χ1) is 21.5. The van der Waals surface area contributed by atoms with Gasteiger partial charge in [-0.1, -0.05) is 36.3 Å². The SMILES string of the molecule is C#Cc1c(F)ccc2cccc(C3Cc4nc(OC)nc(N5CCN(C(=O)/C=C/CN6CCC(OC)CC6)CC5)c4CO3)c12. The van der Waals surface area contributed by atoms with E-state index in [2.05, 4.69) is 20.7 Å². The third-order valence-electron chi connectivity index (χ3n) is 8.94. The summed E-state index contributed by atoms with van der Waals surface area (Å²) >= 11 is 0. The van der Waals surface area contributed by atoms with Crippen LogP contribution in [-0.4, -0.2) is 91.8 Å². The van der Waals surface area contributed by atoms with Gasteiger partial charge in [0.15, 0.2) is 0 Å². The number of benzene rings is 2. The van der Waals surface area contributed by atoms with Gasteiger partial charge in [0, 0.05) is 76.4 Å². The number of ether oxygens (including phenoxy) is 3. The molecule has 2 fully saturated rings. The predicted molar refractivity (Wildman–Crippen MR) is 166 cm³/mol. The Hall–Kier alpha value is -4.04. The van der Waals surface area contributed by atoms with Crippen molar-refractivity contribution in [3.63, 3.8) is 0 Å². The summed E-state index contributed by atoms with van der Waals surface area (Å²) in [5.74, 6) is 2.90. The molecule has 9 nitrogen and oxygen atoms in total. The number of amides is 1. The molecule has 0 N–H and O–H groups in total. The highest BCUT2D eigenvalue weighted by Crippen LogP contribution is 2.38. The Morgan fingerprint density at radius 2 is 1.91 bits per heavy atom. The molecule has 0 spiro atoms. The van der Waals surface area contributed by atoms with Gasteiger partial charge in [0.1, 0.15) is 11.6 Å². The zero-order valence-electron chi connectivity index (χ0n) is 25.3. The number of carbonyl (C=O) groups excluding carboxylic acids is 1. The summed E-state index contributed by atoms with van der Waals surface area (Å²) in [6, 6.07) is 9.21. The lowest BCUT2D eigenvalue weighted by atomic mass is 9.92. The van der Waals surface area contributed by atoms with Gasteiger partial charge in [0.25, 0.3) is 0 Å². The molecule has 0 aliphatic carbocycles. The molecule has 230 valence electrons. The van der Waals surface area contributed by atoms with Crippen LogP contribution in [-0.2, 0) is 27.3 Å². The topological polar surface area (TPSA) is 80.3 Å². The summed E-state index contributed by atoms with van der Waals surface area (Å²) in [5, 5.41) is 1.55. The molecular formula is C34H38FN5O4. The summed E-state index contributed by atoms with van der Waals surface area (Å²) in [5.41, 5.74) is 2.80.